The molecule has 138 valence electrons. The van der Waals surface area contributed by atoms with Crippen LogP contribution in [0, 0.1) is 0 Å². The third-order valence-corrected chi connectivity index (χ3v) is 5.24. The lowest BCUT2D eigenvalue weighted by molar-refractivity contribution is 0.0713. The van der Waals surface area contributed by atoms with E-state index in [1.807, 2.05) is 0 Å². The van der Waals surface area contributed by atoms with Gasteiger partial charge in [0.25, 0.3) is 5.91 Å². The van der Waals surface area contributed by atoms with Gasteiger partial charge in [0, 0.05) is 32.5 Å². The van der Waals surface area contributed by atoms with E-state index in [9.17, 15) is 4.79 Å². The fourth-order valence-electron chi connectivity index (χ4n) is 3.79. The minimum absolute atomic E-state index is 0.0145. The van der Waals surface area contributed by atoms with Crippen LogP contribution >= 0.6 is 0 Å². The van der Waals surface area contributed by atoms with Gasteiger partial charge < -0.3 is 14.4 Å². The predicted molar refractivity (Wildman–Crippen MR) is 92.9 cm³/mol. The average Bonchev–Trinajstić information content (AvgIpc) is 3.42. The predicted octanol–water partition coefficient (Wildman–Crippen LogP) is 1.78. The number of nitrogens with zero attached hydrogens (tertiary/aromatic N) is 4. The second-order valence-electron chi connectivity index (χ2n) is 6.90. The van der Waals surface area contributed by atoms with E-state index in [0.717, 1.165) is 18.5 Å². The van der Waals surface area contributed by atoms with E-state index in [2.05, 4.69) is 20.4 Å². The maximum absolute atomic E-state index is 12.8. The molecule has 4 rings (SSSR count). The molecule has 1 aliphatic carbocycles. The number of ether oxygens (including phenoxy) is 2. The molecule has 1 saturated carbocycles. The van der Waals surface area contributed by atoms with Gasteiger partial charge in [0.15, 0.2) is 0 Å². The van der Waals surface area contributed by atoms with Gasteiger partial charge in [0.1, 0.15) is 6.10 Å². The van der Waals surface area contributed by atoms with Crippen molar-refractivity contribution in [2.45, 2.75) is 43.8 Å². The number of nitrogens with one attached hydrogen (secondary N) is 1. The number of aromatic amines is 1. The van der Waals surface area contributed by atoms with E-state index >= 15 is 0 Å². The fraction of sp³-hybridized carbons (Fsp3) is 0.556. The summed E-state index contributed by atoms with van der Waals surface area (Å²) in [5.41, 5.74) is 1.37. The molecule has 2 fully saturated rings. The van der Waals surface area contributed by atoms with Gasteiger partial charge in [-0.1, -0.05) is 0 Å². The Labute approximate surface area is 151 Å². The molecule has 1 N–H and O–H groups in total. The van der Waals surface area contributed by atoms with Crippen LogP contribution in [0.2, 0.25) is 0 Å². The van der Waals surface area contributed by atoms with Crippen LogP contribution in [0.5, 0.6) is 5.88 Å². The number of rotatable bonds is 5. The molecule has 2 aliphatic rings. The van der Waals surface area contributed by atoms with Gasteiger partial charge in [0.2, 0.25) is 5.88 Å². The van der Waals surface area contributed by atoms with Gasteiger partial charge in [-0.15, -0.1) is 0 Å². The Bertz CT molecular complexity index is 728. The first kappa shape index (κ1) is 17.0. The van der Waals surface area contributed by atoms with Crippen LogP contribution in [-0.2, 0) is 4.74 Å². The van der Waals surface area contributed by atoms with E-state index in [4.69, 9.17) is 9.47 Å². The molecule has 0 spiro atoms. The summed E-state index contributed by atoms with van der Waals surface area (Å²) in [5.74, 6) is 0.545. The van der Waals surface area contributed by atoms with Crippen molar-refractivity contribution in [3.63, 3.8) is 0 Å². The van der Waals surface area contributed by atoms with E-state index < -0.39 is 0 Å². The number of aromatic nitrogens is 4. The summed E-state index contributed by atoms with van der Waals surface area (Å²) >= 11 is 0. The van der Waals surface area contributed by atoms with Gasteiger partial charge in [-0.05, 0) is 31.7 Å². The molecule has 26 heavy (non-hydrogen) atoms. The smallest absolute Gasteiger partial charge is 0.255 e. The standard InChI is InChI=1S/C18H23N5O3/c1-25-16-11-23(10-14(16)15-9-20-22-21-15)18(24)12-6-7-17(19-8-12)26-13-4-2-3-5-13/h6-9,13-14,16H,2-5,10-11H2,1H3,(H,20,21,22)/t14-,16+/m0/s1. The van der Waals surface area contributed by atoms with E-state index in [-0.39, 0.29) is 24.0 Å². The van der Waals surface area contributed by atoms with Crippen molar-refractivity contribution in [2.24, 2.45) is 0 Å². The quantitative estimate of drug-likeness (QED) is 0.877. The zero-order chi connectivity index (χ0) is 17.9. The normalized spacial score (nSPS) is 23.5. The number of hydrogen-bond acceptors (Lipinski definition) is 6. The maximum Gasteiger partial charge on any atom is 0.255 e. The molecule has 2 atom stereocenters. The minimum atomic E-state index is -0.0954. The number of amides is 1. The summed E-state index contributed by atoms with van der Waals surface area (Å²) < 4.78 is 11.4. The Kier molecular flexibility index (Phi) is 4.83. The summed E-state index contributed by atoms with van der Waals surface area (Å²) in [7, 11) is 1.66. The van der Waals surface area contributed by atoms with Crippen molar-refractivity contribution in [1.82, 2.24) is 25.3 Å². The van der Waals surface area contributed by atoms with Crippen molar-refractivity contribution < 1.29 is 14.3 Å². The molecule has 1 aliphatic heterocycles. The summed E-state index contributed by atoms with van der Waals surface area (Å²) in [6.45, 7) is 1.07. The van der Waals surface area contributed by atoms with E-state index in [1.54, 1.807) is 36.5 Å². The first-order chi connectivity index (χ1) is 12.7. The number of likely N-dealkylation sites (tertiary alicyclic amines) is 1. The molecule has 8 nitrogen and oxygen atoms in total. The van der Waals surface area contributed by atoms with Crippen molar-refractivity contribution in [1.29, 1.82) is 0 Å². The third kappa shape index (κ3) is 3.41. The molecule has 0 aromatic carbocycles. The summed E-state index contributed by atoms with van der Waals surface area (Å²) in [6.07, 6.45) is 8.03. The van der Waals surface area contributed by atoms with Gasteiger partial charge >= 0.3 is 0 Å². The highest BCUT2D eigenvalue weighted by Crippen LogP contribution is 2.29. The molecule has 8 heteroatoms. The highest BCUT2D eigenvalue weighted by atomic mass is 16.5. The maximum atomic E-state index is 12.8. The molecular weight excluding hydrogens is 334 g/mol. The molecule has 0 radical (unpaired) electrons. The Morgan fingerprint density at radius 1 is 1.23 bits per heavy atom. The summed E-state index contributed by atoms with van der Waals surface area (Å²) in [5, 5.41) is 10.6. The molecule has 0 bridgehead atoms. The third-order valence-electron chi connectivity index (χ3n) is 5.24. The molecule has 2 aromatic heterocycles. The van der Waals surface area contributed by atoms with Gasteiger partial charge in [-0.2, -0.15) is 15.4 Å². The van der Waals surface area contributed by atoms with Crippen molar-refractivity contribution in [3.8, 4) is 5.88 Å². The highest BCUT2D eigenvalue weighted by molar-refractivity contribution is 5.94. The average molecular weight is 357 g/mol. The van der Waals surface area contributed by atoms with Crippen LogP contribution in [0.3, 0.4) is 0 Å². The monoisotopic (exact) mass is 357 g/mol. The molecule has 1 amide bonds. The minimum Gasteiger partial charge on any atom is -0.474 e. The van der Waals surface area contributed by atoms with Crippen LogP contribution < -0.4 is 4.74 Å². The van der Waals surface area contributed by atoms with Crippen LogP contribution in [0.15, 0.2) is 24.5 Å². The SMILES string of the molecule is CO[C@@H]1CN(C(=O)c2ccc(OC3CCCC3)nc2)C[C@H]1c1cn[nH]n1. The number of hydrogen-bond donors (Lipinski definition) is 1. The number of methoxy groups -OCH3 is 1. The Morgan fingerprint density at radius 2 is 2.08 bits per heavy atom. The summed E-state index contributed by atoms with van der Waals surface area (Å²) in [4.78, 5) is 18.9. The first-order valence-electron chi connectivity index (χ1n) is 9.05. The second kappa shape index (κ2) is 7.41. The van der Waals surface area contributed by atoms with Crippen molar-refractivity contribution >= 4 is 5.91 Å². The zero-order valence-corrected chi connectivity index (χ0v) is 14.8. The highest BCUT2D eigenvalue weighted by Gasteiger charge is 2.38. The Balaban J connectivity index is 1.42. The van der Waals surface area contributed by atoms with Crippen LogP contribution in [0.4, 0.5) is 0 Å². The van der Waals surface area contributed by atoms with E-state index in [0.29, 0.717) is 24.5 Å². The molecular formula is C18H23N5O3. The van der Waals surface area contributed by atoms with Crippen molar-refractivity contribution in [2.75, 3.05) is 20.2 Å². The Morgan fingerprint density at radius 3 is 2.73 bits per heavy atom. The number of carbonyl (C=O) groups is 1. The fourth-order valence-corrected chi connectivity index (χ4v) is 3.79. The largest absolute Gasteiger partial charge is 0.474 e. The zero-order valence-electron chi connectivity index (χ0n) is 14.8. The molecule has 2 aromatic rings. The number of carbonyl (C=O) groups excluding carboxylic acids is 1. The number of H-pyrrole nitrogens is 1. The lowest BCUT2D eigenvalue weighted by Gasteiger charge is -2.16. The van der Waals surface area contributed by atoms with Crippen LogP contribution in [-0.4, -0.2) is 63.6 Å². The summed E-state index contributed by atoms with van der Waals surface area (Å²) in [6, 6.07) is 3.56. The second-order valence-corrected chi connectivity index (χ2v) is 6.90. The van der Waals surface area contributed by atoms with Gasteiger partial charge in [-0.25, -0.2) is 4.98 Å². The lowest BCUT2D eigenvalue weighted by Crippen LogP contribution is -2.30. The van der Waals surface area contributed by atoms with Crippen LogP contribution in [0.25, 0.3) is 0 Å². The van der Waals surface area contributed by atoms with Gasteiger partial charge in [0.05, 0.1) is 29.5 Å². The van der Waals surface area contributed by atoms with Crippen LogP contribution in [0.1, 0.15) is 47.7 Å². The first-order valence-corrected chi connectivity index (χ1v) is 9.05. The van der Waals surface area contributed by atoms with Gasteiger partial charge in [-0.3, -0.25) is 4.79 Å². The topological polar surface area (TPSA) is 93.2 Å². The molecule has 1 saturated heterocycles. The lowest BCUT2D eigenvalue weighted by atomic mass is 10.0. The Hall–Kier alpha value is -2.48. The number of pyridine rings is 1. The van der Waals surface area contributed by atoms with Crippen molar-refractivity contribution in [3.05, 3.63) is 35.8 Å². The van der Waals surface area contributed by atoms with E-state index in [1.165, 1.54) is 12.8 Å². The molecule has 3 heterocycles. The molecule has 0 unspecified atom stereocenters.